The highest BCUT2D eigenvalue weighted by atomic mass is 35.5. The summed E-state index contributed by atoms with van der Waals surface area (Å²) in [5.41, 5.74) is 2.54. The number of ether oxygens (including phenoxy) is 3. The summed E-state index contributed by atoms with van der Waals surface area (Å²) in [5, 5.41) is 15.6. The van der Waals surface area contributed by atoms with Gasteiger partial charge < -0.3 is 23.7 Å². The van der Waals surface area contributed by atoms with Gasteiger partial charge in [-0.3, -0.25) is 4.68 Å². The van der Waals surface area contributed by atoms with E-state index in [2.05, 4.69) is 55.6 Å². The fourth-order valence-corrected chi connectivity index (χ4v) is 6.18. The molecule has 6 heterocycles. The Morgan fingerprint density at radius 2 is 1.93 bits per heavy atom. The van der Waals surface area contributed by atoms with Crippen molar-refractivity contribution >= 4 is 36.7 Å². The molecule has 0 bridgehead atoms. The maximum Gasteiger partial charge on any atom is 0.226 e. The molecular weight excluding hydrogens is 598 g/mol. The van der Waals surface area contributed by atoms with E-state index in [1.54, 1.807) is 18.6 Å². The molecule has 0 aromatic carbocycles. The predicted octanol–water partition coefficient (Wildman–Crippen LogP) is 5.06. The number of nitriles is 1. The van der Waals surface area contributed by atoms with Crippen LogP contribution in [0.4, 0.5) is 5.95 Å². The van der Waals surface area contributed by atoms with Crippen LogP contribution in [0.2, 0.25) is 30.8 Å². The second kappa shape index (κ2) is 15.0. The largest absolute Gasteiger partial charge is 0.377 e. The molecule has 0 radical (unpaired) electrons. The molecule has 44 heavy (non-hydrogen) atoms. The van der Waals surface area contributed by atoms with E-state index in [-0.39, 0.29) is 12.0 Å². The van der Waals surface area contributed by atoms with Crippen molar-refractivity contribution in [3.63, 3.8) is 0 Å². The van der Waals surface area contributed by atoms with Crippen LogP contribution >= 0.6 is 11.6 Å². The minimum atomic E-state index is -1.14. The lowest BCUT2D eigenvalue weighted by molar-refractivity contribution is -0.0334. The first kappa shape index (κ1) is 32.0. The summed E-state index contributed by atoms with van der Waals surface area (Å²) in [5.74, 6) is 0.846. The monoisotopic (exact) mass is 637 g/mol. The standard InChI is InChI=1S/C26H32ClN9OSi.C4H8O2/c1-38(2,3)13-12-37-18-35-11-7-21-24(30-17-31-25(21)35)20-14-32-36(16-20)22(4-8-28)19-6-10-34(15-19)26-29-9-5-23(27)33-26;1-2-6-4-3-5-1/h5,7,9,11,14,16-17,19,22H,4,6,10,12-13,15,18H2,1-3H3;1-4H2. The van der Waals surface area contributed by atoms with E-state index < -0.39 is 8.07 Å². The number of nitrogens with zero attached hydrogens (tertiary/aromatic N) is 9. The Labute approximate surface area is 264 Å². The fourth-order valence-electron chi connectivity index (χ4n) is 5.29. The number of hydrogen-bond donors (Lipinski definition) is 0. The van der Waals surface area contributed by atoms with E-state index in [4.69, 9.17) is 25.8 Å². The van der Waals surface area contributed by atoms with E-state index in [0.29, 0.717) is 24.3 Å². The highest BCUT2D eigenvalue weighted by molar-refractivity contribution is 6.76. The molecule has 12 nitrogen and oxygen atoms in total. The molecule has 2 atom stereocenters. The summed E-state index contributed by atoms with van der Waals surface area (Å²) in [6, 6.07) is 7.10. The van der Waals surface area contributed by atoms with E-state index in [0.717, 1.165) is 80.9 Å². The third kappa shape index (κ3) is 8.39. The minimum absolute atomic E-state index is 0.0698. The van der Waals surface area contributed by atoms with Gasteiger partial charge >= 0.3 is 0 Å². The summed E-state index contributed by atoms with van der Waals surface area (Å²) >= 11 is 6.07. The van der Waals surface area contributed by atoms with E-state index >= 15 is 0 Å². The molecule has 14 heteroatoms. The topological polar surface area (TPSA) is 129 Å². The third-order valence-electron chi connectivity index (χ3n) is 7.70. The zero-order chi connectivity index (χ0) is 30.9. The second-order valence-corrected chi connectivity index (χ2v) is 18.1. The lowest BCUT2D eigenvalue weighted by atomic mass is 9.96. The Morgan fingerprint density at radius 3 is 2.64 bits per heavy atom. The van der Waals surface area contributed by atoms with E-state index in [1.807, 2.05) is 33.9 Å². The summed E-state index contributed by atoms with van der Waals surface area (Å²) in [6.07, 6.45) is 10.3. The molecule has 2 saturated heterocycles. The van der Waals surface area contributed by atoms with Crippen molar-refractivity contribution in [3.8, 4) is 17.3 Å². The van der Waals surface area contributed by atoms with Gasteiger partial charge in [-0.05, 0) is 24.6 Å². The summed E-state index contributed by atoms with van der Waals surface area (Å²) < 4.78 is 19.8. The van der Waals surface area contributed by atoms with Crippen molar-refractivity contribution in [1.29, 1.82) is 5.26 Å². The van der Waals surface area contributed by atoms with Gasteiger partial charge in [0.25, 0.3) is 0 Å². The van der Waals surface area contributed by atoms with Gasteiger partial charge in [-0.1, -0.05) is 31.2 Å². The summed E-state index contributed by atoms with van der Waals surface area (Å²) in [4.78, 5) is 19.9. The summed E-state index contributed by atoms with van der Waals surface area (Å²) in [7, 11) is -1.14. The van der Waals surface area contributed by atoms with Gasteiger partial charge in [0, 0.05) is 63.2 Å². The zero-order valence-corrected chi connectivity index (χ0v) is 27.4. The van der Waals surface area contributed by atoms with Crippen molar-refractivity contribution < 1.29 is 14.2 Å². The van der Waals surface area contributed by atoms with Crippen LogP contribution in [0.3, 0.4) is 0 Å². The molecular formula is C30H40ClN9O3Si. The van der Waals surface area contributed by atoms with Crippen molar-refractivity contribution in [2.45, 2.75) is 51.3 Å². The number of hydrogen-bond acceptors (Lipinski definition) is 10. The van der Waals surface area contributed by atoms with Crippen LogP contribution in [0.15, 0.2) is 43.2 Å². The molecule has 0 N–H and O–H groups in total. The Bertz CT molecular complexity index is 1540. The number of aromatic nitrogens is 7. The van der Waals surface area contributed by atoms with Crippen LogP contribution in [0.25, 0.3) is 22.3 Å². The maximum atomic E-state index is 9.60. The van der Waals surface area contributed by atoms with Crippen molar-refractivity contribution in [2.75, 3.05) is 51.0 Å². The van der Waals surface area contributed by atoms with Gasteiger partial charge in [-0.2, -0.15) is 10.4 Å². The number of anilines is 1. The zero-order valence-electron chi connectivity index (χ0n) is 25.6. The average molecular weight is 638 g/mol. The van der Waals surface area contributed by atoms with Gasteiger partial charge in [0.2, 0.25) is 5.95 Å². The van der Waals surface area contributed by atoms with Gasteiger partial charge in [0.05, 0.1) is 56.9 Å². The highest BCUT2D eigenvalue weighted by Crippen LogP contribution is 2.33. The molecule has 2 aliphatic rings. The van der Waals surface area contributed by atoms with Crippen molar-refractivity contribution in [2.24, 2.45) is 5.92 Å². The molecule has 4 aromatic rings. The molecule has 0 spiro atoms. The molecule has 6 rings (SSSR count). The molecule has 234 valence electrons. The van der Waals surface area contributed by atoms with Crippen LogP contribution in [0, 0.1) is 17.2 Å². The first-order valence-corrected chi connectivity index (χ1v) is 19.1. The van der Waals surface area contributed by atoms with Crippen LogP contribution < -0.4 is 4.90 Å². The van der Waals surface area contributed by atoms with Crippen LogP contribution in [0.5, 0.6) is 0 Å². The molecule has 2 aliphatic heterocycles. The van der Waals surface area contributed by atoms with Gasteiger partial charge in [0.15, 0.2) is 0 Å². The van der Waals surface area contributed by atoms with Crippen LogP contribution in [0.1, 0.15) is 18.9 Å². The third-order valence-corrected chi connectivity index (χ3v) is 9.62. The molecule has 0 amide bonds. The van der Waals surface area contributed by atoms with Crippen molar-refractivity contribution in [1.82, 2.24) is 34.3 Å². The first-order valence-electron chi connectivity index (χ1n) is 15.0. The first-order chi connectivity index (χ1) is 21.3. The molecule has 4 aromatic heterocycles. The van der Waals surface area contributed by atoms with Gasteiger partial charge in [-0.15, -0.1) is 0 Å². The molecule has 0 saturated carbocycles. The molecule has 0 aliphatic carbocycles. The molecule has 2 fully saturated rings. The highest BCUT2D eigenvalue weighted by Gasteiger charge is 2.32. The minimum Gasteiger partial charge on any atom is -0.377 e. The second-order valence-electron chi connectivity index (χ2n) is 12.1. The van der Waals surface area contributed by atoms with E-state index in [1.165, 1.54) is 0 Å². The predicted molar refractivity (Wildman–Crippen MR) is 171 cm³/mol. The Kier molecular flexibility index (Phi) is 10.9. The van der Waals surface area contributed by atoms with Gasteiger partial charge in [0.1, 0.15) is 23.9 Å². The smallest absolute Gasteiger partial charge is 0.226 e. The lowest BCUT2D eigenvalue weighted by Gasteiger charge is -2.22. The Balaban J connectivity index is 0.000000573. The number of rotatable bonds is 10. The number of fused-ring (bicyclic) bond motifs is 1. The van der Waals surface area contributed by atoms with Crippen molar-refractivity contribution in [3.05, 3.63) is 48.4 Å². The quantitative estimate of drug-likeness (QED) is 0.132. The lowest BCUT2D eigenvalue weighted by Crippen LogP contribution is -2.26. The molecule has 2 unspecified atom stereocenters. The van der Waals surface area contributed by atoms with E-state index in [9.17, 15) is 5.26 Å². The summed E-state index contributed by atoms with van der Waals surface area (Å²) in [6.45, 7) is 12.9. The normalized spacial score (nSPS) is 17.7. The van der Waals surface area contributed by atoms with Crippen LogP contribution in [-0.4, -0.2) is 88.5 Å². The average Bonchev–Trinajstić information content (AvgIpc) is 3.79. The van der Waals surface area contributed by atoms with Gasteiger partial charge in [-0.25, -0.2) is 19.9 Å². The fraction of sp³-hybridized carbons (Fsp3) is 0.533. The van der Waals surface area contributed by atoms with Crippen LogP contribution in [-0.2, 0) is 20.9 Å². The Hall–Kier alpha value is -3.41. The maximum absolute atomic E-state index is 9.60. The number of halogens is 1. The SMILES string of the molecule is C1COCCO1.C[Si](C)(C)CCOCn1ccc2c(-c3cnn(C(CC#N)C4CCN(c5nccc(Cl)n5)C4)c3)ncnc21. The Morgan fingerprint density at radius 1 is 1.14 bits per heavy atom.